The Morgan fingerprint density at radius 3 is 2.48 bits per heavy atom. The van der Waals surface area contributed by atoms with Crippen molar-refractivity contribution in [2.24, 2.45) is 0 Å². The first-order chi connectivity index (χ1) is 14.9. The molecule has 4 aromatic rings. The maximum atomic E-state index is 14.2. The van der Waals surface area contributed by atoms with Crippen molar-refractivity contribution in [3.05, 3.63) is 54.1 Å². The van der Waals surface area contributed by atoms with Crippen LogP contribution in [0.3, 0.4) is 0 Å². The molecule has 7 nitrogen and oxygen atoms in total. The number of imidazole rings is 1. The van der Waals surface area contributed by atoms with Crippen molar-refractivity contribution in [1.82, 2.24) is 30.1 Å². The molecule has 4 heterocycles. The molecule has 1 aliphatic heterocycles. The van der Waals surface area contributed by atoms with Crippen LogP contribution in [0.4, 0.5) is 23.4 Å². The summed E-state index contributed by atoms with van der Waals surface area (Å²) in [7, 11) is 0. The van der Waals surface area contributed by atoms with Gasteiger partial charge in [0.2, 0.25) is 0 Å². The number of fused-ring (bicyclic) bond motifs is 1. The molecule has 33 heavy (non-hydrogen) atoms. The summed E-state index contributed by atoms with van der Waals surface area (Å²) in [5.41, 5.74) is -0.138. The van der Waals surface area contributed by atoms with E-state index in [9.17, 15) is 17.6 Å². The molecular formula is C20H19Cl2F4N7. The summed E-state index contributed by atoms with van der Waals surface area (Å²) in [6.45, 7) is 1.44. The number of piperidine rings is 1. The number of H-pyrrole nitrogens is 2. The lowest BCUT2D eigenvalue weighted by molar-refractivity contribution is -0.137. The topological polar surface area (TPSA) is 86.4 Å². The fraction of sp³-hybridized carbons (Fsp3) is 0.300. The number of aromatic nitrogens is 6. The smallest absolute Gasteiger partial charge is 0.356 e. The van der Waals surface area contributed by atoms with Gasteiger partial charge in [-0.1, -0.05) is 0 Å². The molecule has 0 saturated carbocycles. The van der Waals surface area contributed by atoms with Gasteiger partial charge in [-0.05, 0) is 31.0 Å². The average Bonchev–Trinajstić information content (AvgIpc) is 3.43. The number of benzene rings is 1. The summed E-state index contributed by atoms with van der Waals surface area (Å²) in [6, 6.07) is 2.37. The Hall–Kier alpha value is -2.92. The molecule has 5 rings (SSSR count). The number of nitrogens with zero attached hydrogens (tertiary/aromatic N) is 5. The SMILES string of the molecule is Cl.Cl.Fc1ccc(C(F)(F)F)cc1-c1cnc(C2CCN(c3ncnc4[nH]ncc34)CC2)[nH]1. The van der Waals surface area contributed by atoms with Crippen molar-refractivity contribution in [3.63, 3.8) is 0 Å². The second-order valence-electron chi connectivity index (χ2n) is 7.47. The molecule has 1 saturated heterocycles. The third kappa shape index (κ3) is 4.74. The van der Waals surface area contributed by atoms with Crippen molar-refractivity contribution in [2.45, 2.75) is 24.9 Å². The van der Waals surface area contributed by atoms with Crippen LogP contribution in [0.1, 0.15) is 30.1 Å². The van der Waals surface area contributed by atoms with Crippen LogP contribution in [0, 0.1) is 5.82 Å². The first kappa shape index (κ1) is 24.7. The highest BCUT2D eigenvalue weighted by Crippen LogP contribution is 2.35. The fourth-order valence-corrected chi connectivity index (χ4v) is 3.96. The monoisotopic (exact) mass is 503 g/mol. The number of hydrogen-bond acceptors (Lipinski definition) is 5. The molecule has 176 valence electrons. The predicted octanol–water partition coefficient (Wildman–Crippen LogP) is 5.13. The second kappa shape index (κ2) is 9.52. The molecule has 0 spiro atoms. The number of rotatable bonds is 3. The Morgan fingerprint density at radius 1 is 1.00 bits per heavy atom. The van der Waals surface area contributed by atoms with E-state index in [0.717, 1.165) is 55.3 Å². The van der Waals surface area contributed by atoms with Crippen LogP contribution in [0.5, 0.6) is 0 Å². The molecule has 0 aliphatic carbocycles. The van der Waals surface area contributed by atoms with Gasteiger partial charge < -0.3 is 9.88 Å². The molecule has 1 fully saturated rings. The summed E-state index contributed by atoms with van der Waals surface area (Å²) in [5.74, 6) is 0.803. The number of anilines is 1. The summed E-state index contributed by atoms with van der Waals surface area (Å²) in [6.07, 6.45) is 1.56. The van der Waals surface area contributed by atoms with Crippen molar-refractivity contribution in [2.75, 3.05) is 18.0 Å². The van der Waals surface area contributed by atoms with Crippen LogP contribution in [0.15, 0.2) is 36.9 Å². The second-order valence-corrected chi connectivity index (χ2v) is 7.47. The molecule has 3 aromatic heterocycles. The van der Waals surface area contributed by atoms with E-state index >= 15 is 0 Å². The lowest BCUT2D eigenvalue weighted by Crippen LogP contribution is -2.33. The molecule has 0 unspecified atom stereocenters. The average molecular weight is 504 g/mol. The van der Waals surface area contributed by atoms with Gasteiger partial charge in [-0.2, -0.15) is 18.3 Å². The van der Waals surface area contributed by atoms with E-state index in [2.05, 4.69) is 35.0 Å². The minimum absolute atomic E-state index is 0. The minimum Gasteiger partial charge on any atom is -0.356 e. The summed E-state index contributed by atoms with van der Waals surface area (Å²) >= 11 is 0. The number of halogens is 6. The highest BCUT2D eigenvalue weighted by atomic mass is 35.5. The van der Waals surface area contributed by atoms with E-state index in [1.165, 1.54) is 12.5 Å². The van der Waals surface area contributed by atoms with Gasteiger partial charge in [0.15, 0.2) is 5.65 Å². The Labute approximate surface area is 197 Å². The fourth-order valence-electron chi connectivity index (χ4n) is 3.96. The number of nitrogens with one attached hydrogen (secondary N) is 2. The van der Waals surface area contributed by atoms with Gasteiger partial charge in [0, 0.05) is 24.6 Å². The highest BCUT2D eigenvalue weighted by molar-refractivity contribution is 5.86. The lowest BCUT2D eigenvalue weighted by atomic mass is 9.96. The third-order valence-electron chi connectivity index (χ3n) is 5.59. The Balaban J connectivity index is 0.00000153. The summed E-state index contributed by atoms with van der Waals surface area (Å²) in [5, 5.41) is 7.68. The molecule has 2 N–H and O–H groups in total. The van der Waals surface area contributed by atoms with Crippen LogP contribution in [-0.2, 0) is 6.18 Å². The van der Waals surface area contributed by atoms with Crippen LogP contribution in [-0.4, -0.2) is 43.2 Å². The zero-order chi connectivity index (χ0) is 21.6. The van der Waals surface area contributed by atoms with Crippen LogP contribution < -0.4 is 4.90 Å². The van der Waals surface area contributed by atoms with Gasteiger partial charge >= 0.3 is 6.18 Å². The summed E-state index contributed by atoms with van der Waals surface area (Å²) in [4.78, 5) is 18.0. The maximum absolute atomic E-state index is 14.2. The zero-order valence-corrected chi connectivity index (χ0v) is 18.6. The van der Waals surface area contributed by atoms with Gasteiger partial charge in [-0.15, -0.1) is 24.8 Å². The molecule has 0 radical (unpaired) electrons. The Morgan fingerprint density at radius 2 is 1.76 bits per heavy atom. The molecular weight excluding hydrogens is 485 g/mol. The van der Waals surface area contributed by atoms with Gasteiger partial charge in [0.25, 0.3) is 0 Å². The third-order valence-corrected chi connectivity index (χ3v) is 5.59. The lowest BCUT2D eigenvalue weighted by Gasteiger charge is -2.32. The van der Waals surface area contributed by atoms with Gasteiger partial charge in [0.1, 0.15) is 23.8 Å². The van der Waals surface area contributed by atoms with E-state index in [1.54, 1.807) is 6.20 Å². The van der Waals surface area contributed by atoms with Crippen LogP contribution >= 0.6 is 24.8 Å². The van der Waals surface area contributed by atoms with Gasteiger partial charge in [-0.25, -0.2) is 19.3 Å². The van der Waals surface area contributed by atoms with E-state index in [0.29, 0.717) is 11.5 Å². The van der Waals surface area contributed by atoms with Crippen molar-refractivity contribution in [1.29, 1.82) is 0 Å². The van der Waals surface area contributed by atoms with E-state index in [1.807, 2.05) is 0 Å². The maximum Gasteiger partial charge on any atom is 0.416 e. The molecule has 0 amide bonds. The molecule has 0 atom stereocenters. The number of hydrogen-bond donors (Lipinski definition) is 2. The van der Waals surface area contributed by atoms with E-state index in [4.69, 9.17) is 0 Å². The minimum atomic E-state index is -4.54. The van der Waals surface area contributed by atoms with Crippen molar-refractivity contribution < 1.29 is 17.6 Å². The predicted molar refractivity (Wildman–Crippen MR) is 119 cm³/mol. The molecule has 1 aliphatic rings. The van der Waals surface area contributed by atoms with Crippen molar-refractivity contribution in [3.8, 4) is 11.3 Å². The van der Waals surface area contributed by atoms with Gasteiger partial charge in [-0.3, -0.25) is 5.10 Å². The Kier molecular flexibility index (Phi) is 7.13. The van der Waals surface area contributed by atoms with E-state index in [-0.39, 0.29) is 42.0 Å². The first-order valence-electron chi connectivity index (χ1n) is 9.71. The molecule has 13 heteroatoms. The number of alkyl halides is 3. The summed E-state index contributed by atoms with van der Waals surface area (Å²) < 4.78 is 53.2. The normalized spacial score (nSPS) is 14.7. The number of aromatic amines is 2. The Bertz CT molecular complexity index is 1230. The van der Waals surface area contributed by atoms with Gasteiger partial charge in [0.05, 0.1) is 29.0 Å². The van der Waals surface area contributed by atoms with Crippen LogP contribution in [0.25, 0.3) is 22.3 Å². The van der Waals surface area contributed by atoms with E-state index < -0.39 is 17.6 Å². The quantitative estimate of drug-likeness (QED) is 0.378. The largest absolute Gasteiger partial charge is 0.416 e. The molecule has 0 bridgehead atoms. The first-order valence-corrected chi connectivity index (χ1v) is 9.71. The highest BCUT2D eigenvalue weighted by Gasteiger charge is 2.32. The van der Waals surface area contributed by atoms with Crippen molar-refractivity contribution >= 4 is 41.7 Å². The van der Waals surface area contributed by atoms with Crippen LogP contribution in [0.2, 0.25) is 0 Å². The zero-order valence-electron chi connectivity index (χ0n) is 16.9. The molecule has 1 aromatic carbocycles. The standard InChI is InChI=1S/C20H17F4N7.2ClH/c21-15-2-1-12(20(22,23)24)7-13(15)16-9-25-17(29-16)11-3-5-31(6-4-11)19-14-8-28-30-18(14)26-10-27-19;;/h1-2,7-11H,3-6H2,(H,25,29)(H,26,27,28,30);2*1H.